The first-order valence-corrected chi connectivity index (χ1v) is 9.14. The van der Waals surface area contributed by atoms with Crippen LogP contribution in [0.1, 0.15) is 49.6 Å². The topological polar surface area (TPSA) is 120 Å². The SMILES string of the molecule is CNc1nc(Nc2cn(C(C)(C)C#N)nc2C)nn2c(C3CC3)cc(C#N)c12. The molecule has 28 heavy (non-hydrogen) atoms. The fraction of sp³-hybridized carbons (Fsp3) is 0.421. The average Bonchev–Trinajstić information content (AvgIpc) is 3.36. The second-order valence-corrected chi connectivity index (χ2v) is 7.53. The van der Waals surface area contributed by atoms with E-state index in [1.54, 1.807) is 31.8 Å². The van der Waals surface area contributed by atoms with Gasteiger partial charge in [-0.3, -0.25) is 4.68 Å². The van der Waals surface area contributed by atoms with E-state index in [1.165, 1.54) is 0 Å². The summed E-state index contributed by atoms with van der Waals surface area (Å²) in [5, 5.41) is 34.2. The predicted molar refractivity (Wildman–Crippen MR) is 104 cm³/mol. The molecule has 0 unspecified atom stereocenters. The molecule has 9 nitrogen and oxygen atoms in total. The molecule has 1 aliphatic carbocycles. The van der Waals surface area contributed by atoms with Gasteiger partial charge in [0.1, 0.15) is 17.1 Å². The lowest BCUT2D eigenvalue weighted by atomic mass is 10.1. The largest absolute Gasteiger partial charge is 0.371 e. The molecule has 4 rings (SSSR count). The Morgan fingerprint density at radius 2 is 2.00 bits per heavy atom. The van der Waals surface area contributed by atoms with Crippen molar-refractivity contribution in [3.63, 3.8) is 0 Å². The monoisotopic (exact) mass is 375 g/mol. The Hall–Kier alpha value is -3.59. The van der Waals surface area contributed by atoms with Crippen LogP contribution in [0.2, 0.25) is 0 Å². The van der Waals surface area contributed by atoms with Crippen molar-refractivity contribution in [1.82, 2.24) is 24.4 Å². The van der Waals surface area contributed by atoms with Gasteiger partial charge in [-0.25, -0.2) is 4.52 Å². The summed E-state index contributed by atoms with van der Waals surface area (Å²) < 4.78 is 3.44. The first-order valence-electron chi connectivity index (χ1n) is 9.14. The van der Waals surface area contributed by atoms with Crippen LogP contribution in [0.15, 0.2) is 12.3 Å². The molecule has 1 aliphatic rings. The molecular weight excluding hydrogens is 354 g/mol. The minimum atomic E-state index is -0.757. The highest BCUT2D eigenvalue weighted by atomic mass is 15.4. The van der Waals surface area contributed by atoms with Crippen molar-refractivity contribution in [2.24, 2.45) is 0 Å². The normalized spacial score (nSPS) is 13.9. The zero-order valence-electron chi connectivity index (χ0n) is 16.3. The lowest BCUT2D eigenvalue weighted by Gasteiger charge is -2.15. The van der Waals surface area contributed by atoms with Crippen LogP contribution in [-0.4, -0.2) is 31.4 Å². The molecule has 1 saturated carbocycles. The van der Waals surface area contributed by atoms with E-state index in [9.17, 15) is 10.5 Å². The van der Waals surface area contributed by atoms with Crippen LogP contribution in [0.5, 0.6) is 0 Å². The summed E-state index contributed by atoms with van der Waals surface area (Å²) in [4.78, 5) is 4.54. The number of aryl methyl sites for hydroxylation is 1. The highest BCUT2D eigenvalue weighted by molar-refractivity contribution is 5.78. The first-order chi connectivity index (χ1) is 13.4. The van der Waals surface area contributed by atoms with E-state index in [2.05, 4.69) is 38.0 Å². The third kappa shape index (κ3) is 2.81. The summed E-state index contributed by atoms with van der Waals surface area (Å²) in [6, 6.07) is 6.39. The Morgan fingerprint density at radius 1 is 1.25 bits per heavy atom. The number of hydrogen-bond acceptors (Lipinski definition) is 7. The van der Waals surface area contributed by atoms with Crippen LogP contribution in [-0.2, 0) is 5.54 Å². The second-order valence-electron chi connectivity index (χ2n) is 7.53. The molecule has 0 radical (unpaired) electrons. The highest BCUT2D eigenvalue weighted by Gasteiger charge is 2.30. The Bertz CT molecular complexity index is 1150. The van der Waals surface area contributed by atoms with Crippen LogP contribution in [0.4, 0.5) is 17.5 Å². The van der Waals surface area contributed by atoms with Gasteiger partial charge in [0.2, 0.25) is 5.95 Å². The van der Waals surface area contributed by atoms with Crippen LogP contribution >= 0.6 is 0 Å². The maximum absolute atomic E-state index is 9.51. The van der Waals surface area contributed by atoms with E-state index >= 15 is 0 Å². The van der Waals surface area contributed by atoms with Gasteiger partial charge in [0, 0.05) is 18.7 Å². The summed E-state index contributed by atoms with van der Waals surface area (Å²) in [7, 11) is 1.77. The van der Waals surface area contributed by atoms with Gasteiger partial charge in [0.25, 0.3) is 0 Å². The van der Waals surface area contributed by atoms with E-state index in [-0.39, 0.29) is 0 Å². The lowest BCUT2D eigenvalue weighted by molar-refractivity contribution is 0.416. The smallest absolute Gasteiger partial charge is 0.247 e. The molecule has 3 heterocycles. The highest BCUT2D eigenvalue weighted by Crippen LogP contribution is 2.42. The number of rotatable bonds is 5. The van der Waals surface area contributed by atoms with Crippen molar-refractivity contribution < 1.29 is 0 Å². The van der Waals surface area contributed by atoms with Crippen molar-refractivity contribution in [1.29, 1.82) is 10.5 Å². The Labute approximate surface area is 162 Å². The third-order valence-corrected chi connectivity index (χ3v) is 4.99. The van der Waals surface area contributed by atoms with Gasteiger partial charge >= 0.3 is 0 Å². The summed E-state index contributed by atoms with van der Waals surface area (Å²) in [5.41, 5.74) is 3.00. The first kappa shape index (κ1) is 17.8. The summed E-state index contributed by atoms with van der Waals surface area (Å²) in [6.45, 7) is 5.47. The lowest BCUT2D eigenvalue weighted by Crippen LogP contribution is -2.24. The molecule has 9 heteroatoms. The minimum Gasteiger partial charge on any atom is -0.371 e. The van der Waals surface area contributed by atoms with Gasteiger partial charge in [0.15, 0.2) is 5.82 Å². The Morgan fingerprint density at radius 3 is 2.61 bits per heavy atom. The van der Waals surface area contributed by atoms with E-state index in [0.29, 0.717) is 28.8 Å². The number of fused-ring (bicyclic) bond motifs is 1. The number of nitrogens with zero attached hydrogens (tertiary/aromatic N) is 7. The van der Waals surface area contributed by atoms with E-state index < -0.39 is 5.54 Å². The number of aromatic nitrogens is 5. The molecule has 0 aromatic carbocycles. The molecule has 0 amide bonds. The molecule has 0 aliphatic heterocycles. The van der Waals surface area contributed by atoms with Crippen LogP contribution in [0.3, 0.4) is 0 Å². The van der Waals surface area contributed by atoms with E-state index in [4.69, 9.17) is 0 Å². The van der Waals surface area contributed by atoms with Crippen molar-refractivity contribution in [3.05, 3.63) is 29.2 Å². The second kappa shape index (κ2) is 6.24. The quantitative estimate of drug-likeness (QED) is 0.703. The van der Waals surface area contributed by atoms with Gasteiger partial charge in [0.05, 0.1) is 29.2 Å². The minimum absolute atomic E-state index is 0.399. The van der Waals surface area contributed by atoms with Gasteiger partial charge in [-0.05, 0) is 39.7 Å². The number of hydrogen-bond donors (Lipinski definition) is 2. The maximum Gasteiger partial charge on any atom is 0.247 e. The number of anilines is 3. The van der Waals surface area contributed by atoms with Crippen molar-refractivity contribution in [2.75, 3.05) is 17.7 Å². The molecular formula is C19H21N9. The van der Waals surface area contributed by atoms with Gasteiger partial charge < -0.3 is 10.6 Å². The van der Waals surface area contributed by atoms with Crippen LogP contribution < -0.4 is 10.6 Å². The average molecular weight is 375 g/mol. The molecule has 0 atom stereocenters. The number of nitriles is 2. The maximum atomic E-state index is 9.51. The molecule has 0 spiro atoms. The van der Waals surface area contributed by atoms with E-state index in [0.717, 1.165) is 29.9 Å². The zero-order chi connectivity index (χ0) is 20.1. The summed E-state index contributed by atoms with van der Waals surface area (Å²) in [6.07, 6.45) is 3.99. The molecule has 3 aromatic heterocycles. The molecule has 1 fully saturated rings. The fourth-order valence-corrected chi connectivity index (χ4v) is 3.16. The van der Waals surface area contributed by atoms with Gasteiger partial charge in [-0.1, -0.05) is 0 Å². The Kier molecular flexibility index (Phi) is 3.97. The Balaban J connectivity index is 1.79. The molecule has 0 saturated heterocycles. The third-order valence-electron chi connectivity index (χ3n) is 4.99. The standard InChI is InChI=1S/C19H21N9/c1-11-14(9-27(25-11)19(2,3)10-21)23-18-24-17(22-4)16-13(8-20)7-15(12-5-6-12)28(16)26-18/h7,9,12H,5-6H2,1-4H3,(H2,22,23,24,26). The molecule has 0 bridgehead atoms. The molecule has 142 valence electrons. The summed E-state index contributed by atoms with van der Waals surface area (Å²) >= 11 is 0. The summed E-state index contributed by atoms with van der Waals surface area (Å²) in [5.74, 6) is 1.42. The zero-order valence-corrected chi connectivity index (χ0v) is 16.3. The van der Waals surface area contributed by atoms with Crippen molar-refractivity contribution in [3.8, 4) is 12.1 Å². The van der Waals surface area contributed by atoms with Gasteiger partial charge in [-0.2, -0.15) is 20.6 Å². The van der Waals surface area contributed by atoms with Crippen molar-refractivity contribution in [2.45, 2.75) is 45.1 Å². The fourth-order valence-electron chi connectivity index (χ4n) is 3.16. The van der Waals surface area contributed by atoms with Crippen molar-refractivity contribution >= 4 is 23.0 Å². The number of nitrogens with one attached hydrogen (secondary N) is 2. The van der Waals surface area contributed by atoms with Crippen LogP contribution in [0, 0.1) is 29.6 Å². The van der Waals surface area contributed by atoms with Crippen LogP contribution in [0.25, 0.3) is 5.52 Å². The molecule has 2 N–H and O–H groups in total. The predicted octanol–water partition coefficient (Wildman–Crippen LogP) is 3.03. The molecule has 3 aromatic rings. The van der Waals surface area contributed by atoms with Gasteiger partial charge in [-0.15, -0.1) is 5.10 Å². The van der Waals surface area contributed by atoms with E-state index in [1.807, 2.05) is 17.5 Å².